The van der Waals surface area contributed by atoms with Gasteiger partial charge in [-0.3, -0.25) is 10.00 Å². The SMILES string of the molecule is O=C(O)c1ccccc1-c1ccc(CN2CCC(c3ccn[nH]3)C2)o1. The smallest absolute Gasteiger partial charge is 0.336 e. The molecule has 0 bridgehead atoms. The lowest BCUT2D eigenvalue weighted by molar-refractivity contribution is 0.0697. The largest absolute Gasteiger partial charge is 0.478 e. The van der Waals surface area contributed by atoms with Crippen LogP contribution in [-0.4, -0.2) is 39.3 Å². The van der Waals surface area contributed by atoms with Crippen molar-refractivity contribution in [1.82, 2.24) is 15.1 Å². The van der Waals surface area contributed by atoms with Crippen molar-refractivity contribution in [2.24, 2.45) is 0 Å². The first-order chi connectivity index (χ1) is 12.2. The summed E-state index contributed by atoms with van der Waals surface area (Å²) in [6.07, 6.45) is 2.88. The van der Waals surface area contributed by atoms with Crippen molar-refractivity contribution in [2.75, 3.05) is 13.1 Å². The number of furan rings is 1. The Morgan fingerprint density at radius 1 is 1.28 bits per heavy atom. The average molecular weight is 337 g/mol. The number of nitrogens with one attached hydrogen (secondary N) is 1. The van der Waals surface area contributed by atoms with Gasteiger partial charge in [0.1, 0.15) is 11.5 Å². The number of hydrogen-bond acceptors (Lipinski definition) is 4. The van der Waals surface area contributed by atoms with Gasteiger partial charge < -0.3 is 9.52 Å². The number of benzene rings is 1. The third-order valence-electron chi connectivity index (χ3n) is 4.70. The lowest BCUT2D eigenvalue weighted by atomic mass is 10.1. The van der Waals surface area contributed by atoms with Crippen LogP contribution in [0.1, 0.15) is 34.2 Å². The molecule has 6 heteroatoms. The predicted octanol–water partition coefficient (Wildman–Crippen LogP) is 3.36. The fourth-order valence-electron chi connectivity index (χ4n) is 3.44. The van der Waals surface area contributed by atoms with E-state index in [0.717, 1.165) is 31.8 Å². The third-order valence-corrected chi connectivity index (χ3v) is 4.70. The maximum atomic E-state index is 11.4. The van der Waals surface area contributed by atoms with Gasteiger partial charge in [-0.1, -0.05) is 18.2 Å². The number of carboxylic acid groups (broad SMARTS) is 1. The van der Waals surface area contributed by atoms with E-state index >= 15 is 0 Å². The molecule has 1 aliphatic rings. The monoisotopic (exact) mass is 337 g/mol. The van der Waals surface area contributed by atoms with Crippen molar-refractivity contribution in [3.05, 3.63) is 65.7 Å². The summed E-state index contributed by atoms with van der Waals surface area (Å²) in [5, 5.41) is 16.4. The second-order valence-electron chi connectivity index (χ2n) is 6.35. The summed E-state index contributed by atoms with van der Waals surface area (Å²) in [6.45, 7) is 2.69. The number of nitrogens with zero attached hydrogens (tertiary/aromatic N) is 2. The molecule has 1 unspecified atom stereocenters. The normalized spacial score (nSPS) is 17.8. The number of hydrogen-bond donors (Lipinski definition) is 2. The maximum absolute atomic E-state index is 11.4. The van der Waals surface area contributed by atoms with Crippen LogP contribution < -0.4 is 0 Å². The second-order valence-corrected chi connectivity index (χ2v) is 6.35. The van der Waals surface area contributed by atoms with E-state index in [9.17, 15) is 9.90 Å². The molecule has 128 valence electrons. The number of carbonyl (C=O) groups is 1. The number of aromatic amines is 1. The summed E-state index contributed by atoms with van der Waals surface area (Å²) in [5.74, 6) is 0.970. The number of likely N-dealkylation sites (tertiary alicyclic amines) is 1. The van der Waals surface area contributed by atoms with Crippen LogP contribution in [0.25, 0.3) is 11.3 Å². The fourth-order valence-corrected chi connectivity index (χ4v) is 3.44. The average Bonchev–Trinajstić information content (AvgIpc) is 3.36. The van der Waals surface area contributed by atoms with Gasteiger partial charge in [-0.15, -0.1) is 0 Å². The first kappa shape index (κ1) is 15.7. The van der Waals surface area contributed by atoms with Crippen molar-refractivity contribution >= 4 is 5.97 Å². The van der Waals surface area contributed by atoms with Crippen LogP contribution in [0.2, 0.25) is 0 Å². The molecule has 25 heavy (non-hydrogen) atoms. The number of aromatic nitrogens is 2. The Labute approximate surface area is 145 Å². The Kier molecular flexibility index (Phi) is 4.11. The molecule has 2 N–H and O–H groups in total. The minimum absolute atomic E-state index is 0.254. The van der Waals surface area contributed by atoms with Crippen LogP contribution in [0, 0.1) is 0 Å². The number of rotatable bonds is 5. The lowest BCUT2D eigenvalue weighted by Gasteiger charge is -2.13. The van der Waals surface area contributed by atoms with Gasteiger partial charge in [0.05, 0.1) is 12.1 Å². The zero-order valence-corrected chi connectivity index (χ0v) is 13.7. The molecule has 4 rings (SSSR count). The molecule has 0 spiro atoms. The van der Waals surface area contributed by atoms with Gasteiger partial charge in [-0.25, -0.2) is 4.79 Å². The summed E-state index contributed by atoms with van der Waals surface area (Å²) in [5.41, 5.74) is 2.04. The molecule has 0 aliphatic carbocycles. The molecule has 1 saturated heterocycles. The Balaban J connectivity index is 1.47. The van der Waals surface area contributed by atoms with E-state index in [1.807, 2.05) is 24.3 Å². The van der Waals surface area contributed by atoms with Crippen LogP contribution in [0.4, 0.5) is 0 Å². The van der Waals surface area contributed by atoms with E-state index in [1.54, 1.807) is 24.4 Å². The maximum Gasteiger partial charge on any atom is 0.336 e. The highest BCUT2D eigenvalue weighted by molar-refractivity contribution is 5.95. The number of aromatic carboxylic acids is 1. The molecule has 0 saturated carbocycles. The Morgan fingerprint density at radius 2 is 2.16 bits per heavy atom. The van der Waals surface area contributed by atoms with Gasteiger partial charge in [-0.2, -0.15) is 5.10 Å². The minimum atomic E-state index is -0.949. The standard InChI is InChI=1S/C19H19N3O3/c23-19(24)16-4-2-1-3-15(16)18-6-5-14(25-18)12-22-10-8-13(11-22)17-7-9-20-21-17/h1-7,9,13H,8,10-12H2,(H,20,21)(H,23,24). The molecular formula is C19H19N3O3. The predicted molar refractivity (Wildman–Crippen MR) is 92.3 cm³/mol. The van der Waals surface area contributed by atoms with Gasteiger partial charge in [0.25, 0.3) is 0 Å². The molecular weight excluding hydrogens is 318 g/mol. The van der Waals surface area contributed by atoms with E-state index in [-0.39, 0.29) is 5.56 Å². The van der Waals surface area contributed by atoms with E-state index in [4.69, 9.17) is 4.42 Å². The summed E-state index contributed by atoms with van der Waals surface area (Å²) in [4.78, 5) is 13.7. The lowest BCUT2D eigenvalue weighted by Crippen LogP contribution is -2.19. The highest BCUT2D eigenvalue weighted by atomic mass is 16.4. The molecule has 0 amide bonds. The molecule has 2 aromatic heterocycles. The highest BCUT2D eigenvalue weighted by Gasteiger charge is 2.25. The van der Waals surface area contributed by atoms with Gasteiger partial charge in [0.15, 0.2) is 0 Å². The van der Waals surface area contributed by atoms with Crippen LogP contribution >= 0.6 is 0 Å². The van der Waals surface area contributed by atoms with Gasteiger partial charge in [0.2, 0.25) is 0 Å². The van der Waals surface area contributed by atoms with Crippen LogP contribution in [0.5, 0.6) is 0 Å². The van der Waals surface area contributed by atoms with E-state index < -0.39 is 5.97 Å². The third kappa shape index (κ3) is 3.21. The number of H-pyrrole nitrogens is 1. The fraction of sp³-hybridized carbons (Fsp3) is 0.263. The van der Waals surface area contributed by atoms with Crippen LogP contribution in [-0.2, 0) is 6.54 Å². The van der Waals surface area contributed by atoms with Crippen molar-refractivity contribution in [3.63, 3.8) is 0 Å². The Morgan fingerprint density at radius 3 is 2.96 bits per heavy atom. The molecule has 3 aromatic rings. The topological polar surface area (TPSA) is 82.4 Å². The molecule has 1 aromatic carbocycles. The molecule has 1 fully saturated rings. The van der Waals surface area contributed by atoms with E-state index in [1.165, 1.54) is 5.69 Å². The van der Waals surface area contributed by atoms with Gasteiger partial charge >= 0.3 is 5.97 Å². The van der Waals surface area contributed by atoms with Gasteiger partial charge in [0, 0.05) is 29.9 Å². The van der Waals surface area contributed by atoms with Crippen molar-refractivity contribution < 1.29 is 14.3 Å². The molecule has 3 heterocycles. The molecule has 1 aliphatic heterocycles. The number of carboxylic acids is 1. The van der Waals surface area contributed by atoms with Crippen LogP contribution in [0.15, 0.2) is 53.1 Å². The van der Waals surface area contributed by atoms with Crippen LogP contribution in [0.3, 0.4) is 0 Å². The van der Waals surface area contributed by atoms with E-state index in [0.29, 0.717) is 17.2 Å². The molecule has 6 nitrogen and oxygen atoms in total. The molecule has 0 radical (unpaired) electrons. The Bertz CT molecular complexity index is 870. The summed E-state index contributed by atoms with van der Waals surface area (Å²) in [7, 11) is 0. The quantitative estimate of drug-likeness (QED) is 0.746. The second kappa shape index (κ2) is 6.57. The van der Waals surface area contributed by atoms with Crippen molar-refractivity contribution in [1.29, 1.82) is 0 Å². The summed E-state index contributed by atoms with van der Waals surface area (Å²) >= 11 is 0. The first-order valence-electron chi connectivity index (χ1n) is 8.34. The summed E-state index contributed by atoms with van der Waals surface area (Å²) < 4.78 is 5.92. The molecule has 1 atom stereocenters. The summed E-state index contributed by atoms with van der Waals surface area (Å²) in [6, 6.07) is 12.7. The van der Waals surface area contributed by atoms with Gasteiger partial charge in [-0.05, 0) is 37.2 Å². The Hall–Kier alpha value is -2.86. The van der Waals surface area contributed by atoms with Crippen molar-refractivity contribution in [3.8, 4) is 11.3 Å². The zero-order valence-electron chi connectivity index (χ0n) is 13.7. The minimum Gasteiger partial charge on any atom is -0.478 e. The zero-order chi connectivity index (χ0) is 17.2. The highest BCUT2D eigenvalue weighted by Crippen LogP contribution is 2.29. The van der Waals surface area contributed by atoms with Crippen molar-refractivity contribution in [2.45, 2.75) is 18.9 Å². The van der Waals surface area contributed by atoms with E-state index in [2.05, 4.69) is 15.1 Å². The first-order valence-corrected chi connectivity index (χ1v) is 8.34.